The smallest absolute Gasteiger partial charge is 0.309 e. The van der Waals surface area contributed by atoms with Crippen LogP contribution in [-0.2, 0) is 9.59 Å². The van der Waals surface area contributed by atoms with Gasteiger partial charge in [0.2, 0.25) is 0 Å². The van der Waals surface area contributed by atoms with Crippen LogP contribution >= 0.6 is 12.6 Å². The van der Waals surface area contributed by atoms with E-state index in [-0.39, 0.29) is 0 Å². The second kappa shape index (κ2) is 8.00. The topological polar surface area (TPSA) is 54.4 Å². The van der Waals surface area contributed by atoms with Crippen molar-refractivity contribution in [2.24, 2.45) is 11.3 Å². The van der Waals surface area contributed by atoms with Crippen LogP contribution in [0.15, 0.2) is 36.5 Å². The number of carbonyl (C=O) groups excluding carboxylic acids is 1. The Morgan fingerprint density at radius 3 is 2.37 bits per heavy atom. The quantitative estimate of drug-likeness (QED) is 0.406. The Kier molecular flexibility index (Phi) is 7.45. The van der Waals surface area contributed by atoms with Gasteiger partial charge in [0.05, 0.1) is 5.41 Å². The van der Waals surface area contributed by atoms with Crippen molar-refractivity contribution in [3.63, 3.8) is 0 Å². The minimum absolute atomic E-state index is 0.373. The molecule has 0 radical (unpaired) electrons. The average molecular weight is 282 g/mol. The molecule has 4 heteroatoms. The van der Waals surface area contributed by atoms with Gasteiger partial charge in [-0.1, -0.05) is 29.9 Å². The van der Waals surface area contributed by atoms with Gasteiger partial charge in [-0.2, -0.15) is 0 Å². The van der Waals surface area contributed by atoms with Crippen LogP contribution in [0.2, 0.25) is 0 Å². The van der Waals surface area contributed by atoms with Gasteiger partial charge in [0.15, 0.2) is 5.12 Å². The molecule has 1 N–H and O–H groups in total. The summed E-state index contributed by atoms with van der Waals surface area (Å²) in [5.41, 5.74) is -0.176. The van der Waals surface area contributed by atoms with Gasteiger partial charge >= 0.3 is 5.97 Å². The summed E-state index contributed by atoms with van der Waals surface area (Å²) in [5, 5.41) is 8.84. The molecule has 3 nitrogen and oxygen atoms in total. The minimum Gasteiger partial charge on any atom is -0.481 e. The Hall–Kier alpha value is -1.29. The summed E-state index contributed by atoms with van der Waals surface area (Å²) in [7, 11) is 0. The minimum atomic E-state index is -1.14. The number of thiol groups is 1. The lowest BCUT2D eigenvalue weighted by Crippen LogP contribution is -2.36. The Bertz CT molecular complexity index is 406. The van der Waals surface area contributed by atoms with Gasteiger partial charge in [0, 0.05) is 5.92 Å². The molecule has 0 aromatic heterocycles. The molecule has 0 aromatic rings. The highest BCUT2D eigenvalue weighted by Gasteiger charge is 2.40. The molecule has 0 aliphatic rings. The summed E-state index contributed by atoms with van der Waals surface area (Å²) < 4.78 is 0. The van der Waals surface area contributed by atoms with E-state index in [1.165, 1.54) is 0 Å². The van der Waals surface area contributed by atoms with Gasteiger partial charge in [-0.25, -0.2) is 0 Å². The highest BCUT2D eigenvalue weighted by molar-refractivity contribution is 7.96. The molecule has 0 fully saturated rings. The number of allylic oxidation sites excluding steroid dienone is 5. The van der Waals surface area contributed by atoms with E-state index in [2.05, 4.69) is 19.2 Å². The van der Waals surface area contributed by atoms with E-state index in [1.54, 1.807) is 19.9 Å². The highest BCUT2D eigenvalue weighted by atomic mass is 32.1. The molecule has 0 rings (SSSR count). The third-order valence-corrected chi connectivity index (χ3v) is 3.43. The van der Waals surface area contributed by atoms with Crippen molar-refractivity contribution in [2.45, 2.75) is 33.6 Å². The summed E-state index contributed by atoms with van der Waals surface area (Å²) in [4.78, 5) is 22.9. The predicted molar refractivity (Wildman–Crippen MR) is 81.2 cm³/mol. The summed E-state index contributed by atoms with van der Waals surface area (Å²) in [6.07, 6.45) is 8.37. The van der Waals surface area contributed by atoms with E-state index in [0.717, 1.165) is 5.57 Å². The second-order valence-electron chi connectivity index (χ2n) is 4.97. The molecule has 0 saturated heterocycles. The molecule has 106 valence electrons. The van der Waals surface area contributed by atoms with Gasteiger partial charge in [-0.3, -0.25) is 9.59 Å². The number of rotatable bonds is 8. The van der Waals surface area contributed by atoms with Crippen molar-refractivity contribution < 1.29 is 14.7 Å². The molecule has 0 amide bonds. The van der Waals surface area contributed by atoms with Crippen LogP contribution in [-0.4, -0.2) is 16.2 Å². The van der Waals surface area contributed by atoms with E-state index >= 15 is 0 Å². The van der Waals surface area contributed by atoms with Crippen molar-refractivity contribution in [1.29, 1.82) is 0 Å². The summed E-state index contributed by atoms with van der Waals surface area (Å²) in [6, 6.07) is 0. The maximum atomic E-state index is 11.6. The molecule has 0 aliphatic carbocycles. The first-order chi connectivity index (χ1) is 8.77. The zero-order valence-corrected chi connectivity index (χ0v) is 12.6. The third kappa shape index (κ3) is 5.47. The Morgan fingerprint density at radius 2 is 2.00 bits per heavy atom. The molecular weight excluding hydrogens is 260 g/mol. The summed E-state index contributed by atoms with van der Waals surface area (Å²) in [6.45, 7) is 8.67. The number of carbonyl (C=O) groups is 2. The van der Waals surface area contributed by atoms with Crippen LogP contribution < -0.4 is 0 Å². The zero-order chi connectivity index (χ0) is 15.1. The predicted octanol–water partition coefficient (Wildman–Crippen LogP) is 3.64. The lowest BCUT2D eigenvalue weighted by Gasteiger charge is -2.28. The third-order valence-electron chi connectivity index (χ3n) is 3.12. The van der Waals surface area contributed by atoms with Crippen molar-refractivity contribution in [2.75, 3.05) is 0 Å². The Labute approximate surface area is 120 Å². The normalized spacial score (nSPS) is 14.4. The lowest BCUT2D eigenvalue weighted by atomic mass is 9.75. The molecule has 0 saturated carbocycles. The maximum absolute atomic E-state index is 11.6. The fraction of sp³-hybridized carbons (Fsp3) is 0.467. The molecule has 0 aromatic carbocycles. The number of aliphatic carboxylic acids is 1. The Balaban J connectivity index is 5.27. The molecule has 0 aliphatic heterocycles. The first-order valence-corrected chi connectivity index (χ1v) is 6.59. The summed E-state index contributed by atoms with van der Waals surface area (Å²) in [5.74, 6) is -1.66. The second-order valence-corrected chi connectivity index (χ2v) is 5.41. The molecule has 19 heavy (non-hydrogen) atoms. The van der Waals surface area contributed by atoms with Crippen LogP contribution in [0, 0.1) is 11.3 Å². The van der Waals surface area contributed by atoms with Gasteiger partial charge in [-0.05, 0) is 33.6 Å². The van der Waals surface area contributed by atoms with Crippen molar-refractivity contribution in [1.82, 2.24) is 0 Å². The Morgan fingerprint density at radius 1 is 1.42 bits per heavy atom. The highest BCUT2D eigenvalue weighted by Crippen LogP contribution is 2.34. The van der Waals surface area contributed by atoms with Crippen LogP contribution in [0.25, 0.3) is 0 Å². The molecule has 0 unspecified atom stereocenters. The van der Waals surface area contributed by atoms with Gasteiger partial charge in [-0.15, -0.1) is 19.2 Å². The van der Waals surface area contributed by atoms with Crippen LogP contribution in [0.4, 0.5) is 0 Å². The maximum Gasteiger partial charge on any atom is 0.309 e. The van der Waals surface area contributed by atoms with E-state index in [4.69, 9.17) is 0 Å². The van der Waals surface area contributed by atoms with Gasteiger partial charge in [0.25, 0.3) is 0 Å². The van der Waals surface area contributed by atoms with Crippen molar-refractivity contribution >= 4 is 23.7 Å². The number of carboxylic acid groups (broad SMARTS) is 1. The standard InChI is InChI=1S/C15H22O3S/c1-5-7-9-11(8-6-2)10-12(13(16)19)15(3,4)14(17)18/h5-7,9,12H,2,8,10H2,1,3-4H3,(H,16,19)(H,17,18)/b7-5-,11-9+/t12-/m0/s1. The monoisotopic (exact) mass is 282 g/mol. The first-order valence-electron chi connectivity index (χ1n) is 6.15. The van der Waals surface area contributed by atoms with Crippen LogP contribution in [0.3, 0.4) is 0 Å². The number of hydrogen-bond acceptors (Lipinski definition) is 2. The van der Waals surface area contributed by atoms with Crippen molar-refractivity contribution in [3.05, 3.63) is 36.5 Å². The van der Waals surface area contributed by atoms with Crippen molar-refractivity contribution in [3.8, 4) is 0 Å². The SMILES string of the molecule is C=CC/C(=C\C=C/C)C[C@@H](C(=O)S)C(C)(C)C(=O)O. The summed E-state index contributed by atoms with van der Waals surface area (Å²) >= 11 is 3.84. The van der Waals surface area contributed by atoms with E-state index in [0.29, 0.717) is 12.8 Å². The number of carboxylic acids is 1. The fourth-order valence-electron chi connectivity index (χ4n) is 1.70. The fourth-order valence-corrected chi connectivity index (χ4v) is 2.11. The first kappa shape index (κ1) is 17.7. The number of hydrogen-bond donors (Lipinski definition) is 2. The average Bonchev–Trinajstić information content (AvgIpc) is 2.31. The van der Waals surface area contributed by atoms with E-state index < -0.39 is 22.4 Å². The van der Waals surface area contributed by atoms with Crippen LogP contribution in [0.1, 0.15) is 33.6 Å². The zero-order valence-electron chi connectivity index (χ0n) is 11.7. The lowest BCUT2D eigenvalue weighted by molar-refractivity contribution is -0.152. The largest absolute Gasteiger partial charge is 0.481 e. The van der Waals surface area contributed by atoms with E-state index in [1.807, 2.05) is 25.2 Å². The van der Waals surface area contributed by atoms with Gasteiger partial charge < -0.3 is 5.11 Å². The molecular formula is C15H22O3S. The molecule has 0 spiro atoms. The molecule has 1 atom stereocenters. The van der Waals surface area contributed by atoms with E-state index in [9.17, 15) is 14.7 Å². The molecule has 0 heterocycles. The van der Waals surface area contributed by atoms with Gasteiger partial charge in [0.1, 0.15) is 0 Å². The molecule has 0 bridgehead atoms. The van der Waals surface area contributed by atoms with Crippen LogP contribution in [0.5, 0.6) is 0 Å².